The predicted molar refractivity (Wildman–Crippen MR) is 33.1 cm³/mol. The average Bonchev–Trinajstić information content (AvgIpc) is 1.97. The van der Waals surface area contributed by atoms with Crippen molar-refractivity contribution in [1.82, 2.24) is 0 Å². The Morgan fingerprint density at radius 2 is 1.00 bits per heavy atom. The van der Waals surface area contributed by atoms with E-state index in [0.29, 0.717) is 0 Å². The lowest BCUT2D eigenvalue weighted by Crippen LogP contribution is -2.55. The summed E-state index contributed by atoms with van der Waals surface area (Å²) < 4.78 is 139. The van der Waals surface area contributed by atoms with Crippen LogP contribution in [-0.4, -0.2) is 32.9 Å². The van der Waals surface area contributed by atoms with Crippen LogP contribution < -0.4 is 0 Å². The van der Waals surface area contributed by atoms with Crippen molar-refractivity contribution in [2.45, 2.75) is 24.4 Å². The van der Waals surface area contributed by atoms with Crippen LogP contribution in [0.5, 0.6) is 0 Å². The molecule has 0 aromatic heterocycles. The van der Waals surface area contributed by atoms with Gasteiger partial charge in [-0.1, -0.05) is 7.77 Å². The average molecular weight is 322 g/mol. The van der Waals surface area contributed by atoms with Gasteiger partial charge in [0.1, 0.15) is 0 Å². The molecule has 0 bridgehead atoms. The van der Waals surface area contributed by atoms with Crippen molar-refractivity contribution in [3.63, 3.8) is 0 Å². The van der Waals surface area contributed by atoms with Crippen LogP contribution in [0.15, 0.2) is 0 Å². The maximum atomic E-state index is 11.6. The molecule has 0 fully saturated rings. The third-order valence-electron chi connectivity index (χ3n) is 1.05. The molecule has 0 aromatic rings. The van der Waals surface area contributed by atoms with E-state index in [1.807, 2.05) is 0 Å². The van der Waals surface area contributed by atoms with Gasteiger partial charge in [-0.15, -0.1) is 0 Å². The van der Waals surface area contributed by atoms with Gasteiger partial charge in [0.25, 0.3) is 0 Å². The van der Waals surface area contributed by atoms with E-state index >= 15 is 0 Å². The largest absolute Gasteiger partial charge is 0.476 e. The van der Waals surface area contributed by atoms with Crippen molar-refractivity contribution in [3.8, 4) is 0 Å². The minimum Gasteiger partial charge on any atom is -0.203 e. The molecule has 2 nitrogen and oxygen atoms in total. The summed E-state index contributed by atoms with van der Waals surface area (Å²) in [7, 11) is -5.67. The van der Waals surface area contributed by atoms with Crippen molar-refractivity contribution >= 4 is 10.6 Å². The van der Waals surface area contributed by atoms with Gasteiger partial charge in [0, 0.05) is 0 Å². The summed E-state index contributed by atoms with van der Waals surface area (Å²) in [6.07, 6.45) is -11.8. The first-order valence-corrected chi connectivity index (χ1v) is 4.47. The van der Waals surface area contributed by atoms with Crippen LogP contribution in [0.3, 0.4) is 0 Å². The van der Waals surface area contributed by atoms with E-state index in [1.54, 1.807) is 0 Å². The van der Waals surface area contributed by atoms with Crippen molar-refractivity contribution in [3.05, 3.63) is 0 Å². The molecule has 0 saturated heterocycles. The quantitative estimate of drug-likeness (QED) is 0.578. The highest BCUT2D eigenvalue weighted by atomic mass is 32.3. The Hall–Kier alpha value is -0.820. The van der Waals surface area contributed by atoms with E-state index in [0.717, 1.165) is 0 Å². The minimum absolute atomic E-state index is 5.08. The zero-order valence-corrected chi connectivity index (χ0v) is 8.28. The van der Waals surface area contributed by atoms with Crippen LogP contribution >= 0.6 is 0 Å². The first kappa shape index (κ1) is 19.5. The maximum Gasteiger partial charge on any atom is 0.476 e. The summed E-state index contributed by atoms with van der Waals surface area (Å²) in [5, 5.41) is 0. The molecule has 112 valence electrons. The molecule has 0 aromatic carbocycles. The Balaban J connectivity index is 0. The highest BCUT2D eigenvalue weighted by Crippen LogP contribution is 2.48. The fourth-order valence-corrected chi connectivity index (χ4v) is 0.326. The van der Waals surface area contributed by atoms with Gasteiger partial charge in [0.2, 0.25) is 0 Å². The number of halogens is 11. The van der Waals surface area contributed by atoms with Gasteiger partial charge in [0.05, 0.1) is 0 Å². The highest BCUT2D eigenvalue weighted by molar-refractivity contribution is 7.81. The molecule has 18 heavy (non-hydrogen) atoms. The zero-order valence-electron chi connectivity index (χ0n) is 7.46. The lowest BCUT2D eigenvalue weighted by molar-refractivity contribution is -0.375. The van der Waals surface area contributed by atoms with Gasteiger partial charge in [-0.3, -0.25) is 0 Å². The first-order valence-electron chi connectivity index (χ1n) is 3.19. The molecule has 0 saturated carbocycles. The smallest absolute Gasteiger partial charge is 0.203 e. The standard InChI is InChI=1S/C4HF9.F2O2S/c5-1(6)2(7,8)3(9,10)4(11,12)13;1-5(2,3)4/h1H;. The van der Waals surface area contributed by atoms with Gasteiger partial charge in [0.15, 0.2) is 0 Å². The number of alkyl halides is 9. The Morgan fingerprint density at radius 1 is 0.778 bits per heavy atom. The molecule has 0 amide bonds. The van der Waals surface area contributed by atoms with Crippen LogP contribution in [0, 0.1) is 0 Å². The summed E-state index contributed by atoms with van der Waals surface area (Å²) in [6, 6.07) is 0. The summed E-state index contributed by atoms with van der Waals surface area (Å²) in [5.74, 6) is -13.1. The highest BCUT2D eigenvalue weighted by Gasteiger charge is 2.76. The van der Waals surface area contributed by atoms with Crippen LogP contribution in [0.25, 0.3) is 0 Å². The summed E-state index contributed by atoms with van der Waals surface area (Å²) in [5.41, 5.74) is 0. The molecule has 0 rings (SSSR count). The molecule has 0 unspecified atom stereocenters. The fraction of sp³-hybridized carbons (Fsp3) is 1.00. The van der Waals surface area contributed by atoms with Crippen LogP contribution in [0.1, 0.15) is 0 Å². The van der Waals surface area contributed by atoms with Crippen LogP contribution in [-0.2, 0) is 10.6 Å². The van der Waals surface area contributed by atoms with Crippen LogP contribution in [0.4, 0.5) is 47.3 Å². The van der Waals surface area contributed by atoms with Gasteiger partial charge in [-0.05, 0) is 0 Å². The van der Waals surface area contributed by atoms with Gasteiger partial charge >= 0.3 is 35.1 Å². The van der Waals surface area contributed by atoms with Gasteiger partial charge in [-0.25, -0.2) is 8.78 Å². The van der Waals surface area contributed by atoms with Crippen LogP contribution in [0.2, 0.25) is 0 Å². The van der Waals surface area contributed by atoms with Gasteiger partial charge < -0.3 is 0 Å². The first-order chi connectivity index (χ1) is 7.44. The van der Waals surface area contributed by atoms with E-state index in [2.05, 4.69) is 0 Å². The molecule has 0 aliphatic heterocycles. The lowest BCUT2D eigenvalue weighted by atomic mass is 10.2. The van der Waals surface area contributed by atoms with E-state index < -0.39 is 35.1 Å². The monoisotopic (exact) mass is 322 g/mol. The summed E-state index contributed by atoms with van der Waals surface area (Å²) in [4.78, 5) is 0. The third kappa shape index (κ3) is 5.68. The molecular formula is C4HF11O2S. The maximum absolute atomic E-state index is 11.6. The second-order valence-electron chi connectivity index (χ2n) is 2.37. The zero-order chi connectivity index (χ0) is 15.6. The number of hydrogen-bond acceptors (Lipinski definition) is 2. The fourth-order valence-electron chi connectivity index (χ4n) is 0.326. The van der Waals surface area contributed by atoms with E-state index in [1.165, 1.54) is 0 Å². The van der Waals surface area contributed by atoms with Crippen molar-refractivity contribution in [2.24, 2.45) is 0 Å². The topological polar surface area (TPSA) is 34.1 Å². The minimum atomic E-state index is -6.73. The van der Waals surface area contributed by atoms with Crippen molar-refractivity contribution < 1.29 is 55.7 Å². The molecule has 0 radical (unpaired) electrons. The molecule has 0 atom stereocenters. The molecule has 0 aliphatic carbocycles. The third-order valence-corrected chi connectivity index (χ3v) is 1.05. The second-order valence-corrected chi connectivity index (χ2v) is 3.13. The Bertz CT molecular complexity index is 346. The normalized spacial score (nSPS) is 14.2. The molecule has 14 heteroatoms. The summed E-state index contributed by atoms with van der Waals surface area (Å²) >= 11 is 0. The van der Waals surface area contributed by atoms with E-state index in [4.69, 9.17) is 8.42 Å². The molecule has 0 N–H and O–H groups in total. The lowest BCUT2D eigenvalue weighted by Gasteiger charge is -2.27. The summed E-state index contributed by atoms with van der Waals surface area (Å²) in [6.45, 7) is 0. The number of rotatable bonds is 2. The Kier molecular flexibility index (Phi) is 5.90. The van der Waals surface area contributed by atoms with Crippen molar-refractivity contribution in [1.29, 1.82) is 0 Å². The van der Waals surface area contributed by atoms with E-state index in [-0.39, 0.29) is 0 Å². The number of hydrogen-bond donors (Lipinski definition) is 0. The SMILES string of the molecule is FC(F)C(F)(F)C(F)(F)C(F)(F)F.O=S(=O)(F)F. The Morgan fingerprint density at radius 3 is 1.06 bits per heavy atom. The molecule has 0 aliphatic rings. The molecule has 0 heterocycles. The van der Waals surface area contributed by atoms with E-state index in [9.17, 15) is 47.3 Å². The molecular weight excluding hydrogens is 321 g/mol. The van der Waals surface area contributed by atoms with Crippen molar-refractivity contribution in [2.75, 3.05) is 0 Å². The van der Waals surface area contributed by atoms with Gasteiger partial charge in [-0.2, -0.15) is 39.2 Å². The second kappa shape index (κ2) is 5.44. The Labute approximate surface area is 91.9 Å². The molecule has 0 spiro atoms. The predicted octanol–water partition coefficient (Wildman–Crippen LogP) is 3.25.